The number of rotatable bonds is 6. The van der Waals surface area contributed by atoms with Gasteiger partial charge in [0.15, 0.2) is 5.75 Å². The average Bonchev–Trinajstić information content (AvgIpc) is 3.34. The number of benzene rings is 1. The maximum Gasteiger partial charge on any atom is 0.257 e. The van der Waals surface area contributed by atoms with Crippen LogP contribution in [0, 0.1) is 5.92 Å². The molecular formula is C16H22N2O3. The second-order valence-electron chi connectivity index (χ2n) is 5.70. The number of nitrogens with one attached hydrogen (secondary N) is 1. The number of fused-ring (bicyclic) bond motifs is 1. The first-order valence-electron chi connectivity index (χ1n) is 7.58. The van der Waals surface area contributed by atoms with Crippen LogP contribution in [0.2, 0.25) is 0 Å². The Morgan fingerprint density at radius 1 is 1.48 bits per heavy atom. The lowest BCUT2D eigenvalue weighted by atomic mass is 10.1. The van der Waals surface area contributed by atoms with Crippen LogP contribution in [0.15, 0.2) is 18.2 Å². The van der Waals surface area contributed by atoms with E-state index in [2.05, 4.69) is 5.32 Å². The minimum absolute atomic E-state index is 0.0226. The fourth-order valence-corrected chi connectivity index (χ4v) is 2.38. The molecule has 1 aromatic rings. The van der Waals surface area contributed by atoms with E-state index in [1.54, 1.807) is 11.9 Å². The number of amides is 1. The normalized spacial score (nSPS) is 16.6. The number of nitrogens with zero attached hydrogens (tertiary/aromatic N) is 1. The van der Waals surface area contributed by atoms with Crippen LogP contribution in [-0.2, 0) is 4.74 Å². The Hall–Kier alpha value is -1.75. The molecule has 0 unspecified atom stereocenters. The van der Waals surface area contributed by atoms with Crippen molar-refractivity contribution in [2.45, 2.75) is 12.8 Å². The lowest BCUT2D eigenvalue weighted by Crippen LogP contribution is -2.31. The van der Waals surface area contributed by atoms with Crippen LogP contribution in [0.25, 0.3) is 0 Å². The predicted molar refractivity (Wildman–Crippen MR) is 80.9 cm³/mol. The van der Waals surface area contributed by atoms with Crippen molar-refractivity contribution in [1.82, 2.24) is 4.90 Å². The summed E-state index contributed by atoms with van der Waals surface area (Å²) in [7, 11) is 1.80. The van der Waals surface area contributed by atoms with Gasteiger partial charge < -0.3 is 19.7 Å². The zero-order valence-electron chi connectivity index (χ0n) is 12.4. The summed E-state index contributed by atoms with van der Waals surface area (Å²) in [5.41, 5.74) is 1.51. The number of hydrogen-bond acceptors (Lipinski definition) is 4. The molecule has 2 aliphatic rings. The van der Waals surface area contributed by atoms with Gasteiger partial charge in [0, 0.05) is 26.7 Å². The molecule has 3 rings (SSSR count). The van der Waals surface area contributed by atoms with Gasteiger partial charge in [-0.05, 0) is 30.9 Å². The van der Waals surface area contributed by atoms with Gasteiger partial charge in [-0.15, -0.1) is 0 Å². The molecule has 1 saturated carbocycles. The third kappa shape index (κ3) is 3.47. The maximum absolute atomic E-state index is 12.5. The van der Waals surface area contributed by atoms with E-state index < -0.39 is 0 Å². The number of para-hydroxylation sites is 1. The van der Waals surface area contributed by atoms with Crippen molar-refractivity contribution in [2.24, 2.45) is 5.92 Å². The van der Waals surface area contributed by atoms with Crippen LogP contribution < -0.4 is 10.1 Å². The lowest BCUT2D eigenvalue weighted by molar-refractivity contribution is 0.0677. The van der Waals surface area contributed by atoms with Crippen molar-refractivity contribution < 1.29 is 14.3 Å². The summed E-state index contributed by atoms with van der Waals surface area (Å²) in [6.45, 7) is 3.38. The van der Waals surface area contributed by atoms with Gasteiger partial charge in [0.25, 0.3) is 5.91 Å². The first-order chi connectivity index (χ1) is 10.3. The second kappa shape index (κ2) is 6.35. The Morgan fingerprint density at radius 2 is 2.33 bits per heavy atom. The highest BCUT2D eigenvalue weighted by molar-refractivity contribution is 5.98. The van der Waals surface area contributed by atoms with E-state index in [0.29, 0.717) is 31.1 Å². The number of ether oxygens (including phenoxy) is 2. The highest BCUT2D eigenvalue weighted by atomic mass is 16.5. The molecule has 1 heterocycles. The van der Waals surface area contributed by atoms with Gasteiger partial charge in [0.1, 0.15) is 6.61 Å². The highest BCUT2D eigenvalue weighted by Crippen LogP contribution is 2.32. The molecule has 0 radical (unpaired) electrons. The van der Waals surface area contributed by atoms with E-state index in [1.807, 2.05) is 18.2 Å². The minimum Gasteiger partial charge on any atom is -0.489 e. The molecule has 0 atom stereocenters. The first-order valence-corrected chi connectivity index (χ1v) is 7.58. The molecule has 1 N–H and O–H groups in total. The molecule has 5 nitrogen and oxygen atoms in total. The standard InChI is InChI=1S/C16H22N2O3/c1-18(8-10-20-11-12-5-6-12)16(19)13-3-2-4-14-15(13)21-9-7-17-14/h2-4,12,17H,5-11H2,1H3. The fraction of sp³-hybridized carbons (Fsp3) is 0.562. The predicted octanol–water partition coefficient (Wildman–Crippen LogP) is 1.99. The zero-order chi connectivity index (χ0) is 14.7. The maximum atomic E-state index is 12.5. The van der Waals surface area contributed by atoms with Gasteiger partial charge in [-0.25, -0.2) is 0 Å². The molecule has 0 spiro atoms. The summed E-state index contributed by atoms with van der Waals surface area (Å²) in [5.74, 6) is 1.40. The monoisotopic (exact) mass is 290 g/mol. The largest absolute Gasteiger partial charge is 0.489 e. The van der Waals surface area contributed by atoms with Crippen LogP contribution >= 0.6 is 0 Å². The summed E-state index contributed by atoms with van der Waals surface area (Å²) < 4.78 is 11.2. The number of carbonyl (C=O) groups excluding carboxylic acids is 1. The van der Waals surface area contributed by atoms with Crippen molar-refractivity contribution in [3.8, 4) is 5.75 Å². The van der Waals surface area contributed by atoms with Crippen LogP contribution in [-0.4, -0.2) is 50.8 Å². The van der Waals surface area contributed by atoms with Crippen LogP contribution in [0.5, 0.6) is 5.75 Å². The molecule has 1 aliphatic heterocycles. The van der Waals surface area contributed by atoms with Crippen molar-refractivity contribution in [3.63, 3.8) is 0 Å². The van der Waals surface area contributed by atoms with Crippen molar-refractivity contribution >= 4 is 11.6 Å². The third-order valence-corrected chi connectivity index (χ3v) is 3.88. The molecule has 0 saturated heterocycles. The van der Waals surface area contributed by atoms with E-state index >= 15 is 0 Å². The Kier molecular flexibility index (Phi) is 4.29. The highest BCUT2D eigenvalue weighted by Gasteiger charge is 2.23. The fourth-order valence-electron chi connectivity index (χ4n) is 2.38. The quantitative estimate of drug-likeness (QED) is 0.814. The number of anilines is 1. The molecule has 1 fully saturated rings. The van der Waals surface area contributed by atoms with E-state index in [1.165, 1.54) is 12.8 Å². The Labute approximate surface area is 125 Å². The van der Waals surface area contributed by atoms with E-state index in [0.717, 1.165) is 24.8 Å². The van der Waals surface area contributed by atoms with Gasteiger partial charge in [0.2, 0.25) is 0 Å². The smallest absolute Gasteiger partial charge is 0.257 e. The minimum atomic E-state index is -0.0226. The molecule has 114 valence electrons. The van der Waals surface area contributed by atoms with Gasteiger partial charge >= 0.3 is 0 Å². The van der Waals surface area contributed by atoms with Gasteiger partial charge in [-0.3, -0.25) is 4.79 Å². The van der Waals surface area contributed by atoms with Gasteiger partial charge in [-0.1, -0.05) is 6.07 Å². The lowest BCUT2D eigenvalue weighted by Gasteiger charge is -2.24. The first kappa shape index (κ1) is 14.2. The van der Waals surface area contributed by atoms with Gasteiger partial charge in [-0.2, -0.15) is 0 Å². The Morgan fingerprint density at radius 3 is 3.14 bits per heavy atom. The summed E-state index contributed by atoms with van der Waals surface area (Å²) in [6.07, 6.45) is 2.57. The van der Waals surface area contributed by atoms with E-state index in [4.69, 9.17) is 9.47 Å². The summed E-state index contributed by atoms with van der Waals surface area (Å²) in [4.78, 5) is 14.2. The second-order valence-corrected chi connectivity index (χ2v) is 5.70. The number of carbonyl (C=O) groups is 1. The number of hydrogen-bond donors (Lipinski definition) is 1. The summed E-state index contributed by atoms with van der Waals surface area (Å²) in [6, 6.07) is 5.63. The number of likely N-dealkylation sites (N-methyl/N-ethyl adjacent to an activating group) is 1. The molecule has 21 heavy (non-hydrogen) atoms. The van der Waals surface area contributed by atoms with Crippen molar-refractivity contribution in [1.29, 1.82) is 0 Å². The topological polar surface area (TPSA) is 50.8 Å². The Balaban J connectivity index is 1.58. The SMILES string of the molecule is CN(CCOCC1CC1)C(=O)c1cccc2c1OCCN2. The zero-order valence-corrected chi connectivity index (χ0v) is 12.4. The molecule has 1 aliphatic carbocycles. The molecule has 0 bridgehead atoms. The third-order valence-electron chi connectivity index (χ3n) is 3.88. The van der Waals surface area contributed by atoms with Gasteiger partial charge in [0.05, 0.1) is 17.9 Å². The molecular weight excluding hydrogens is 268 g/mol. The summed E-state index contributed by atoms with van der Waals surface area (Å²) in [5, 5.41) is 3.25. The molecule has 1 aromatic carbocycles. The van der Waals surface area contributed by atoms with Crippen LogP contribution in [0.4, 0.5) is 5.69 Å². The molecule has 0 aromatic heterocycles. The van der Waals surface area contributed by atoms with Crippen LogP contribution in [0.3, 0.4) is 0 Å². The summed E-state index contributed by atoms with van der Waals surface area (Å²) >= 11 is 0. The average molecular weight is 290 g/mol. The van der Waals surface area contributed by atoms with E-state index in [9.17, 15) is 4.79 Å². The van der Waals surface area contributed by atoms with Crippen LogP contribution in [0.1, 0.15) is 23.2 Å². The van der Waals surface area contributed by atoms with Crippen molar-refractivity contribution in [2.75, 3.05) is 45.3 Å². The molecule has 5 heteroatoms. The van der Waals surface area contributed by atoms with Crippen molar-refractivity contribution in [3.05, 3.63) is 23.8 Å². The Bertz CT molecular complexity index is 514. The molecule has 1 amide bonds. The van der Waals surface area contributed by atoms with E-state index in [-0.39, 0.29) is 5.91 Å².